The third-order valence-corrected chi connectivity index (χ3v) is 3.94. The fourth-order valence-corrected chi connectivity index (χ4v) is 2.81. The van der Waals surface area contributed by atoms with Crippen LogP contribution in [0.3, 0.4) is 0 Å². The topological polar surface area (TPSA) is 97.7 Å². The molecule has 1 aromatic carbocycles. The summed E-state index contributed by atoms with van der Waals surface area (Å²) in [5.41, 5.74) is 1.25. The summed E-state index contributed by atoms with van der Waals surface area (Å²) >= 11 is 0. The lowest BCUT2D eigenvalue weighted by atomic mass is 10.2. The molecule has 3 heterocycles. The molecule has 0 spiro atoms. The van der Waals surface area contributed by atoms with E-state index < -0.39 is 0 Å². The second-order valence-electron chi connectivity index (χ2n) is 5.49. The molecule has 0 saturated carbocycles. The van der Waals surface area contributed by atoms with Gasteiger partial charge in [0.2, 0.25) is 5.95 Å². The van der Waals surface area contributed by atoms with Crippen LogP contribution in [0.1, 0.15) is 35.3 Å². The van der Waals surface area contributed by atoms with E-state index in [9.17, 15) is 4.79 Å². The fraction of sp³-hybridized carbons (Fsp3) is 0.333. The van der Waals surface area contributed by atoms with Crippen molar-refractivity contribution in [1.29, 1.82) is 0 Å². The molecule has 0 radical (unpaired) electrons. The minimum Gasteiger partial charge on any atom is -0.370 e. The van der Waals surface area contributed by atoms with E-state index in [0.29, 0.717) is 11.5 Å². The first-order valence-corrected chi connectivity index (χ1v) is 7.49. The largest absolute Gasteiger partial charge is 0.370 e. The normalized spacial score (nSPS) is 17.7. The maximum absolute atomic E-state index is 12.5. The van der Waals surface area contributed by atoms with Crippen LogP contribution < -0.4 is 5.32 Å². The molecule has 1 fully saturated rings. The van der Waals surface area contributed by atoms with Gasteiger partial charge in [-0.2, -0.15) is 10.1 Å². The van der Waals surface area contributed by atoms with Gasteiger partial charge in [0.25, 0.3) is 5.91 Å². The Morgan fingerprint density at radius 3 is 3.13 bits per heavy atom. The number of aryl methyl sites for hydroxylation is 1. The van der Waals surface area contributed by atoms with Gasteiger partial charge in [-0.1, -0.05) is 18.2 Å². The summed E-state index contributed by atoms with van der Waals surface area (Å²) in [4.78, 5) is 16.7. The maximum Gasteiger partial charge on any atom is 0.279 e. The van der Waals surface area contributed by atoms with Crippen molar-refractivity contribution in [3.05, 3.63) is 35.8 Å². The zero-order chi connectivity index (χ0) is 15.8. The number of fused-ring (bicyclic) bond motifs is 1. The highest BCUT2D eigenvalue weighted by Gasteiger charge is 2.23. The molecule has 8 nitrogen and oxygen atoms in total. The van der Waals surface area contributed by atoms with Gasteiger partial charge in [0.1, 0.15) is 6.10 Å². The molecule has 3 aromatic rings. The summed E-state index contributed by atoms with van der Waals surface area (Å²) in [6.45, 7) is 0.729. The highest BCUT2D eigenvalue weighted by Crippen LogP contribution is 2.26. The second-order valence-corrected chi connectivity index (χ2v) is 5.49. The zero-order valence-electron chi connectivity index (χ0n) is 12.6. The number of ether oxygens (including phenoxy) is 1. The van der Waals surface area contributed by atoms with Crippen LogP contribution in [0.2, 0.25) is 0 Å². The lowest BCUT2D eigenvalue weighted by molar-refractivity contribution is 0.102. The van der Waals surface area contributed by atoms with E-state index in [1.54, 1.807) is 11.7 Å². The summed E-state index contributed by atoms with van der Waals surface area (Å²) in [6, 6.07) is 7.58. The SMILES string of the molecule is Cn1nc(C(=O)Nc2n[nH]c([C@@H]3CCCO3)n2)c2ccccc21. The third kappa shape index (κ3) is 2.46. The van der Waals surface area contributed by atoms with Crippen LogP contribution in [0.5, 0.6) is 0 Å². The van der Waals surface area contributed by atoms with Crippen molar-refractivity contribution in [2.45, 2.75) is 18.9 Å². The van der Waals surface area contributed by atoms with Crippen molar-refractivity contribution < 1.29 is 9.53 Å². The zero-order valence-corrected chi connectivity index (χ0v) is 12.6. The van der Waals surface area contributed by atoms with Crippen LogP contribution in [-0.2, 0) is 11.8 Å². The average molecular weight is 312 g/mol. The summed E-state index contributed by atoms with van der Waals surface area (Å²) in [7, 11) is 1.81. The predicted molar refractivity (Wildman–Crippen MR) is 83.0 cm³/mol. The number of H-pyrrole nitrogens is 1. The Morgan fingerprint density at radius 2 is 2.30 bits per heavy atom. The van der Waals surface area contributed by atoms with Gasteiger partial charge in [-0.05, 0) is 18.9 Å². The van der Waals surface area contributed by atoms with Crippen molar-refractivity contribution >= 4 is 22.8 Å². The Kier molecular flexibility index (Phi) is 3.30. The number of nitrogens with one attached hydrogen (secondary N) is 2. The molecule has 1 aliphatic heterocycles. The van der Waals surface area contributed by atoms with Crippen molar-refractivity contribution in [2.75, 3.05) is 11.9 Å². The highest BCUT2D eigenvalue weighted by atomic mass is 16.5. The van der Waals surface area contributed by atoms with Crippen molar-refractivity contribution in [3.8, 4) is 0 Å². The van der Waals surface area contributed by atoms with Gasteiger partial charge in [0, 0.05) is 19.0 Å². The Morgan fingerprint density at radius 1 is 1.43 bits per heavy atom. The Bertz CT molecular complexity index is 862. The van der Waals surface area contributed by atoms with E-state index in [1.165, 1.54) is 0 Å². The van der Waals surface area contributed by atoms with Crippen LogP contribution in [-0.4, -0.2) is 37.5 Å². The van der Waals surface area contributed by atoms with Crippen molar-refractivity contribution in [3.63, 3.8) is 0 Å². The number of nitrogens with zero attached hydrogens (tertiary/aromatic N) is 4. The quantitative estimate of drug-likeness (QED) is 0.768. The number of anilines is 1. The van der Waals surface area contributed by atoms with E-state index in [0.717, 1.165) is 30.4 Å². The van der Waals surface area contributed by atoms with Crippen LogP contribution in [0, 0.1) is 0 Å². The molecule has 0 bridgehead atoms. The van der Waals surface area contributed by atoms with E-state index in [1.807, 2.05) is 24.3 Å². The number of benzene rings is 1. The van der Waals surface area contributed by atoms with E-state index >= 15 is 0 Å². The van der Waals surface area contributed by atoms with Gasteiger partial charge in [-0.15, -0.1) is 5.10 Å². The van der Waals surface area contributed by atoms with Crippen LogP contribution in [0.4, 0.5) is 5.95 Å². The molecule has 23 heavy (non-hydrogen) atoms. The minimum absolute atomic E-state index is 0.0659. The average Bonchev–Trinajstić information content (AvgIpc) is 3.27. The first-order valence-electron chi connectivity index (χ1n) is 7.49. The number of aromatic amines is 1. The molecule has 2 aromatic heterocycles. The number of carbonyl (C=O) groups is 1. The molecule has 118 valence electrons. The fourth-order valence-electron chi connectivity index (χ4n) is 2.81. The number of para-hydroxylation sites is 1. The first-order chi connectivity index (χ1) is 11.2. The summed E-state index contributed by atoms with van der Waals surface area (Å²) in [6.07, 6.45) is 1.85. The Balaban J connectivity index is 1.57. The summed E-state index contributed by atoms with van der Waals surface area (Å²) < 4.78 is 7.22. The molecule has 1 atom stereocenters. The molecule has 1 amide bonds. The van der Waals surface area contributed by atoms with Gasteiger partial charge in [-0.3, -0.25) is 19.9 Å². The monoisotopic (exact) mass is 312 g/mol. The molecular formula is C15H16N6O2. The molecular weight excluding hydrogens is 296 g/mol. The lowest BCUT2D eigenvalue weighted by Gasteiger charge is -2.02. The molecule has 1 aliphatic rings. The standard InChI is InChI=1S/C15H16N6O2/c1-21-10-6-3-2-5-9(10)12(20-21)14(22)17-15-16-13(18-19-15)11-7-4-8-23-11/h2-3,5-6,11H,4,7-8H2,1H3,(H2,16,17,18,19,22)/t11-/m0/s1. The third-order valence-electron chi connectivity index (χ3n) is 3.94. The summed E-state index contributed by atoms with van der Waals surface area (Å²) in [5, 5.41) is 14.6. The van der Waals surface area contributed by atoms with Crippen LogP contribution in [0.15, 0.2) is 24.3 Å². The molecule has 4 rings (SSSR count). The van der Waals surface area contributed by atoms with Gasteiger partial charge in [0.15, 0.2) is 11.5 Å². The van der Waals surface area contributed by atoms with Gasteiger partial charge in [0.05, 0.1) is 5.52 Å². The molecule has 0 aliphatic carbocycles. The number of rotatable bonds is 3. The second kappa shape index (κ2) is 5.47. The molecule has 0 unspecified atom stereocenters. The van der Waals surface area contributed by atoms with Crippen LogP contribution in [0.25, 0.3) is 10.9 Å². The van der Waals surface area contributed by atoms with E-state index in [4.69, 9.17) is 4.74 Å². The number of carbonyl (C=O) groups excluding carboxylic acids is 1. The smallest absolute Gasteiger partial charge is 0.279 e. The van der Waals surface area contributed by atoms with Gasteiger partial charge in [-0.25, -0.2) is 0 Å². The molecule has 2 N–H and O–H groups in total. The molecule has 1 saturated heterocycles. The maximum atomic E-state index is 12.5. The van der Waals surface area contributed by atoms with E-state index in [2.05, 4.69) is 25.6 Å². The first kappa shape index (κ1) is 13.9. The number of hydrogen-bond donors (Lipinski definition) is 2. The summed E-state index contributed by atoms with van der Waals surface area (Å²) in [5.74, 6) is 0.540. The van der Waals surface area contributed by atoms with E-state index in [-0.39, 0.29) is 18.0 Å². The molecule has 8 heteroatoms. The van der Waals surface area contributed by atoms with Gasteiger partial charge < -0.3 is 4.74 Å². The Hall–Kier alpha value is -2.74. The highest BCUT2D eigenvalue weighted by molar-refractivity contribution is 6.10. The number of aromatic nitrogens is 5. The minimum atomic E-state index is -0.334. The van der Waals surface area contributed by atoms with Crippen molar-refractivity contribution in [1.82, 2.24) is 25.0 Å². The van der Waals surface area contributed by atoms with Crippen molar-refractivity contribution in [2.24, 2.45) is 7.05 Å². The van der Waals surface area contributed by atoms with Gasteiger partial charge >= 0.3 is 0 Å². The number of amides is 1. The number of hydrogen-bond acceptors (Lipinski definition) is 5. The lowest BCUT2D eigenvalue weighted by Crippen LogP contribution is -2.14. The van der Waals surface area contributed by atoms with Crippen LogP contribution >= 0.6 is 0 Å². The Labute approximate surface area is 131 Å². The predicted octanol–water partition coefficient (Wildman–Crippen LogP) is 1.80.